The van der Waals surface area contributed by atoms with E-state index in [1.165, 1.54) is 58.3 Å². The Morgan fingerprint density at radius 2 is 1.73 bits per heavy atom. The zero-order valence-corrected chi connectivity index (χ0v) is 15.2. The van der Waals surface area contributed by atoms with Gasteiger partial charge in [0.2, 0.25) is 0 Å². The zero-order chi connectivity index (χ0) is 16.3. The molecule has 0 saturated heterocycles. The molecule has 3 aliphatic carbocycles. The minimum atomic E-state index is 0.658. The summed E-state index contributed by atoms with van der Waals surface area (Å²) in [5.74, 6) is 4.72. The topological polar surface area (TPSA) is 17.1 Å². The SMILES string of the molecule is C=C1CC2CC[C@@H]3C(C)CCC[C@@]3(C)[C@@H]2CC[C@@H]1C.CC=O. The highest BCUT2D eigenvalue weighted by molar-refractivity contribution is 5.44. The fourth-order valence-electron chi connectivity index (χ4n) is 6.03. The van der Waals surface area contributed by atoms with Crippen molar-refractivity contribution in [3.63, 3.8) is 0 Å². The Morgan fingerprint density at radius 3 is 2.41 bits per heavy atom. The molecule has 3 fully saturated rings. The van der Waals surface area contributed by atoms with E-state index in [0.29, 0.717) is 5.41 Å². The van der Waals surface area contributed by atoms with Crippen LogP contribution >= 0.6 is 0 Å². The average Bonchev–Trinajstić information content (AvgIpc) is 2.60. The van der Waals surface area contributed by atoms with Gasteiger partial charge in [0, 0.05) is 0 Å². The number of rotatable bonds is 0. The number of hydrogen-bond donors (Lipinski definition) is 0. The van der Waals surface area contributed by atoms with Crippen LogP contribution in [0.25, 0.3) is 0 Å². The van der Waals surface area contributed by atoms with E-state index >= 15 is 0 Å². The highest BCUT2D eigenvalue weighted by Crippen LogP contribution is 2.60. The first-order chi connectivity index (χ1) is 10.4. The van der Waals surface area contributed by atoms with E-state index in [0.717, 1.165) is 35.9 Å². The molecule has 0 amide bonds. The number of aldehydes is 1. The Morgan fingerprint density at radius 1 is 1.09 bits per heavy atom. The fourth-order valence-corrected chi connectivity index (χ4v) is 6.03. The Balaban J connectivity index is 0.000000545. The largest absolute Gasteiger partial charge is 0.304 e. The highest BCUT2D eigenvalue weighted by atomic mass is 16.1. The first-order valence-electron chi connectivity index (χ1n) is 9.51. The molecule has 0 aromatic rings. The van der Waals surface area contributed by atoms with Crippen LogP contribution in [0, 0.1) is 35.0 Å². The maximum absolute atomic E-state index is 8.81. The summed E-state index contributed by atoms with van der Waals surface area (Å²) in [5, 5.41) is 0. The van der Waals surface area contributed by atoms with Crippen molar-refractivity contribution in [1.29, 1.82) is 0 Å². The van der Waals surface area contributed by atoms with E-state index in [4.69, 9.17) is 4.79 Å². The van der Waals surface area contributed by atoms with Crippen molar-refractivity contribution < 1.29 is 4.79 Å². The summed E-state index contributed by atoms with van der Waals surface area (Å²) in [7, 11) is 0. The summed E-state index contributed by atoms with van der Waals surface area (Å²) in [4.78, 5) is 8.81. The molecule has 1 nitrogen and oxygen atoms in total. The van der Waals surface area contributed by atoms with Gasteiger partial charge in [-0.05, 0) is 80.5 Å². The van der Waals surface area contributed by atoms with Crippen LogP contribution in [0.1, 0.15) is 79.1 Å². The van der Waals surface area contributed by atoms with Crippen LogP contribution in [-0.4, -0.2) is 6.29 Å². The van der Waals surface area contributed by atoms with Gasteiger partial charge in [-0.3, -0.25) is 0 Å². The molecule has 3 aliphatic rings. The van der Waals surface area contributed by atoms with E-state index in [-0.39, 0.29) is 0 Å². The van der Waals surface area contributed by atoms with Crippen molar-refractivity contribution >= 4 is 6.29 Å². The van der Waals surface area contributed by atoms with Crippen LogP contribution in [0.5, 0.6) is 0 Å². The molecule has 1 heteroatoms. The Bertz CT molecular complexity index is 399. The fraction of sp³-hybridized carbons (Fsp3) is 0.857. The Kier molecular flexibility index (Phi) is 5.91. The van der Waals surface area contributed by atoms with Gasteiger partial charge in [-0.2, -0.15) is 0 Å². The number of allylic oxidation sites excluding steroid dienone is 1. The molecule has 0 spiro atoms. The van der Waals surface area contributed by atoms with Crippen LogP contribution in [0.4, 0.5) is 0 Å². The third-order valence-electron chi connectivity index (χ3n) is 7.31. The predicted molar refractivity (Wildman–Crippen MR) is 94.7 cm³/mol. The standard InChI is InChI=1S/C19H32.C2H4O/c1-13-7-9-18-16(12-15(13)3)8-10-17-14(2)6-5-11-19(17,18)4;1-2-3/h13-14,16-18H,3,5-12H2,1-2,4H3;2H,1H3/t13-,14?,16?,17+,18+,19+;/m0./s1. The Hall–Kier alpha value is -0.590. The van der Waals surface area contributed by atoms with Crippen molar-refractivity contribution in [3.05, 3.63) is 12.2 Å². The zero-order valence-electron chi connectivity index (χ0n) is 15.2. The lowest BCUT2D eigenvalue weighted by Gasteiger charge is -2.56. The number of fused-ring (bicyclic) bond motifs is 3. The second kappa shape index (κ2) is 7.32. The molecule has 3 saturated carbocycles. The van der Waals surface area contributed by atoms with Gasteiger partial charge in [0.1, 0.15) is 6.29 Å². The van der Waals surface area contributed by atoms with Crippen molar-refractivity contribution in [3.8, 4) is 0 Å². The lowest BCUT2D eigenvalue weighted by Crippen LogP contribution is -2.47. The van der Waals surface area contributed by atoms with E-state index in [1.54, 1.807) is 5.57 Å². The summed E-state index contributed by atoms with van der Waals surface area (Å²) >= 11 is 0. The van der Waals surface area contributed by atoms with Crippen LogP contribution in [0.15, 0.2) is 12.2 Å². The normalized spacial score (nSPS) is 44.7. The number of carbonyl (C=O) groups is 1. The molecular weight excluding hydrogens is 268 g/mol. The lowest BCUT2D eigenvalue weighted by atomic mass is 9.49. The van der Waals surface area contributed by atoms with Gasteiger partial charge in [0.25, 0.3) is 0 Å². The molecule has 0 N–H and O–H groups in total. The van der Waals surface area contributed by atoms with Gasteiger partial charge < -0.3 is 4.79 Å². The van der Waals surface area contributed by atoms with E-state index in [1.807, 2.05) is 0 Å². The van der Waals surface area contributed by atoms with Gasteiger partial charge in [-0.15, -0.1) is 0 Å². The molecule has 0 aromatic carbocycles. The molecule has 2 unspecified atom stereocenters. The van der Waals surface area contributed by atoms with Crippen molar-refractivity contribution in [2.45, 2.75) is 79.1 Å². The Labute approximate surface area is 137 Å². The number of carbonyl (C=O) groups excluding carboxylic acids is 1. The molecular formula is C21H36O. The summed E-state index contributed by atoms with van der Waals surface area (Å²) in [5.41, 5.74) is 2.21. The highest BCUT2D eigenvalue weighted by Gasteiger charge is 2.51. The molecule has 3 rings (SSSR count). The number of hydrogen-bond acceptors (Lipinski definition) is 1. The molecule has 126 valence electrons. The van der Waals surface area contributed by atoms with Gasteiger partial charge in [0.05, 0.1) is 0 Å². The van der Waals surface area contributed by atoms with Gasteiger partial charge in [-0.1, -0.05) is 45.8 Å². The molecule has 6 atom stereocenters. The predicted octanol–water partition coefficient (Wildman–Crippen LogP) is 6.04. The quantitative estimate of drug-likeness (QED) is 0.394. The first kappa shape index (κ1) is 17.8. The minimum Gasteiger partial charge on any atom is -0.304 e. The summed E-state index contributed by atoms with van der Waals surface area (Å²) in [6.45, 7) is 13.4. The molecule has 0 heterocycles. The van der Waals surface area contributed by atoms with E-state index in [9.17, 15) is 0 Å². The molecule has 0 bridgehead atoms. The first-order valence-corrected chi connectivity index (χ1v) is 9.51. The summed E-state index contributed by atoms with van der Waals surface area (Å²) in [6, 6.07) is 0. The van der Waals surface area contributed by atoms with Crippen LogP contribution < -0.4 is 0 Å². The van der Waals surface area contributed by atoms with Crippen LogP contribution in [0.3, 0.4) is 0 Å². The molecule has 0 radical (unpaired) electrons. The van der Waals surface area contributed by atoms with Crippen molar-refractivity contribution in [1.82, 2.24) is 0 Å². The monoisotopic (exact) mass is 304 g/mol. The van der Waals surface area contributed by atoms with Crippen LogP contribution in [-0.2, 0) is 4.79 Å². The lowest BCUT2D eigenvalue weighted by molar-refractivity contribution is -0.106. The maximum Gasteiger partial charge on any atom is 0.116 e. The van der Waals surface area contributed by atoms with E-state index in [2.05, 4.69) is 27.4 Å². The summed E-state index contributed by atoms with van der Waals surface area (Å²) < 4.78 is 0. The van der Waals surface area contributed by atoms with Crippen molar-refractivity contribution in [2.75, 3.05) is 0 Å². The second-order valence-electron chi connectivity index (χ2n) is 8.50. The smallest absolute Gasteiger partial charge is 0.116 e. The van der Waals surface area contributed by atoms with Gasteiger partial charge in [0.15, 0.2) is 0 Å². The van der Waals surface area contributed by atoms with E-state index < -0.39 is 0 Å². The molecule has 22 heavy (non-hydrogen) atoms. The summed E-state index contributed by atoms with van der Waals surface area (Å²) in [6.07, 6.45) is 12.4. The third kappa shape index (κ3) is 3.34. The van der Waals surface area contributed by atoms with Gasteiger partial charge >= 0.3 is 0 Å². The maximum atomic E-state index is 8.81. The van der Waals surface area contributed by atoms with Crippen LogP contribution in [0.2, 0.25) is 0 Å². The van der Waals surface area contributed by atoms with Crippen molar-refractivity contribution in [2.24, 2.45) is 35.0 Å². The third-order valence-corrected chi connectivity index (χ3v) is 7.31. The minimum absolute atomic E-state index is 0.658. The van der Waals surface area contributed by atoms with Gasteiger partial charge in [-0.25, -0.2) is 0 Å². The molecule has 0 aromatic heterocycles. The average molecular weight is 305 g/mol. The molecule has 0 aliphatic heterocycles. The second-order valence-corrected chi connectivity index (χ2v) is 8.50.